The first-order chi connectivity index (χ1) is 9.32. The molecule has 0 aromatic heterocycles. The van der Waals surface area contributed by atoms with Gasteiger partial charge in [0.2, 0.25) is 5.91 Å². The average molecular weight is 282 g/mol. The summed E-state index contributed by atoms with van der Waals surface area (Å²) in [6, 6.07) is 0.761. The second-order valence-electron chi connectivity index (χ2n) is 7.25. The van der Waals surface area contributed by atoms with Gasteiger partial charge in [0, 0.05) is 31.1 Å². The van der Waals surface area contributed by atoms with E-state index in [1.54, 1.807) is 0 Å². The maximum atomic E-state index is 12.4. The van der Waals surface area contributed by atoms with E-state index in [2.05, 4.69) is 37.5 Å². The Labute approximate surface area is 125 Å². The topological polar surface area (TPSA) is 23.6 Å². The smallest absolute Gasteiger partial charge is 0.225 e. The molecule has 20 heavy (non-hydrogen) atoms. The zero-order valence-electron chi connectivity index (χ0n) is 14.4. The van der Waals surface area contributed by atoms with Gasteiger partial charge >= 0.3 is 0 Å². The zero-order chi connectivity index (χ0) is 15.3. The third-order valence-electron chi connectivity index (χ3n) is 4.28. The highest BCUT2D eigenvalue weighted by Crippen LogP contribution is 2.21. The molecule has 1 aliphatic heterocycles. The monoisotopic (exact) mass is 282 g/mol. The first-order valence-electron chi connectivity index (χ1n) is 8.37. The molecule has 0 atom stereocenters. The van der Waals surface area contributed by atoms with Crippen LogP contribution in [0, 0.1) is 11.8 Å². The lowest BCUT2D eigenvalue weighted by molar-refractivity contribution is -0.140. The Morgan fingerprint density at radius 1 is 1.10 bits per heavy atom. The van der Waals surface area contributed by atoms with Gasteiger partial charge in [-0.1, -0.05) is 27.7 Å². The molecular formula is C17H34N2O. The second kappa shape index (κ2) is 8.02. The first-order valence-corrected chi connectivity index (χ1v) is 8.37. The molecule has 118 valence electrons. The molecule has 1 amide bonds. The minimum absolute atomic E-state index is 0.108. The van der Waals surface area contributed by atoms with Crippen LogP contribution in [-0.4, -0.2) is 47.4 Å². The van der Waals surface area contributed by atoms with Crippen LogP contribution in [0.3, 0.4) is 0 Å². The average Bonchev–Trinajstić information content (AvgIpc) is 2.37. The van der Waals surface area contributed by atoms with E-state index in [1.807, 2.05) is 13.8 Å². The fourth-order valence-electron chi connectivity index (χ4n) is 3.02. The predicted molar refractivity (Wildman–Crippen MR) is 85.7 cm³/mol. The van der Waals surface area contributed by atoms with E-state index >= 15 is 0 Å². The molecule has 0 bridgehead atoms. The van der Waals surface area contributed by atoms with Crippen LogP contribution in [0.2, 0.25) is 0 Å². The Hall–Kier alpha value is -0.570. The van der Waals surface area contributed by atoms with Crippen LogP contribution >= 0.6 is 0 Å². The largest absolute Gasteiger partial charge is 0.337 e. The molecule has 0 saturated carbocycles. The van der Waals surface area contributed by atoms with E-state index in [0.29, 0.717) is 18.0 Å². The van der Waals surface area contributed by atoms with Gasteiger partial charge in [-0.25, -0.2) is 0 Å². The van der Waals surface area contributed by atoms with Crippen molar-refractivity contribution < 1.29 is 4.79 Å². The van der Waals surface area contributed by atoms with Crippen molar-refractivity contribution >= 4 is 5.91 Å². The summed E-state index contributed by atoms with van der Waals surface area (Å²) in [5, 5.41) is 0. The van der Waals surface area contributed by atoms with E-state index in [0.717, 1.165) is 31.8 Å². The van der Waals surface area contributed by atoms with Gasteiger partial charge < -0.3 is 9.80 Å². The lowest BCUT2D eigenvalue weighted by atomic mass is 9.99. The maximum Gasteiger partial charge on any atom is 0.225 e. The molecule has 0 aliphatic carbocycles. The highest BCUT2D eigenvalue weighted by atomic mass is 16.2. The first kappa shape index (κ1) is 17.5. The Balaban J connectivity index is 2.51. The van der Waals surface area contributed by atoms with Crippen molar-refractivity contribution in [1.82, 2.24) is 9.80 Å². The van der Waals surface area contributed by atoms with Gasteiger partial charge in [-0.05, 0) is 45.6 Å². The van der Waals surface area contributed by atoms with Gasteiger partial charge in [0.15, 0.2) is 0 Å². The second-order valence-corrected chi connectivity index (χ2v) is 7.25. The van der Waals surface area contributed by atoms with Gasteiger partial charge in [-0.15, -0.1) is 0 Å². The van der Waals surface area contributed by atoms with Crippen molar-refractivity contribution in [3.05, 3.63) is 0 Å². The van der Waals surface area contributed by atoms with E-state index < -0.39 is 0 Å². The van der Waals surface area contributed by atoms with Gasteiger partial charge in [-0.2, -0.15) is 0 Å². The summed E-state index contributed by atoms with van der Waals surface area (Å²) in [5.74, 6) is 1.21. The lowest BCUT2D eigenvalue weighted by Crippen LogP contribution is -2.51. The number of amides is 1. The highest BCUT2D eigenvalue weighted by Gasteiger charge is 2.30. The summed E-state index contributed by atoms with van der Waals surface area (Å²) in [4.78, 5) is 17.1. The third-order valence-corrected chi connectivity index (χ3v) is 4.28. The normalized spacial score (nSPS) is 18.2. The van der Waals surface area contributed by atoms with Crippen LogP contribution in [-0.2, 0) is 4.79 Å². The third kappa shape index (κ3) is 5.08. The van der Waals surface area contributed by atoms with Gasteiger partial charge in [0.05, 0.1) is 0 Å². The Morgan fingerprint density at radius 2 is 1.65 bits per heavy atom. The van der Waals surface area contributed by atoms with E-state index in [4.69, 9.17) is 0 Å². The van der Waals surface area contributed by atoms with Crippen molar-refractivity contribution in [3.8, 4) is 0 Å². The summed E-state index contributed by atoms with van der Waals surface area (Å²) in [6.07, 6.45) is 3.55. The SMILES string of the molecule is CC(C)CCN1CCC(N(C(=O)C(C)C)C(C)C)CC1. The van der Waals surface area contributed by atoms with Crippen molar-refractivity contribution in [1.29, 1.82) is 0 Å². The predicted octanol–water partition coefficient (Wildman–Crippen LogP) is 3.39. The van der Waals surface area contributed by atoms with Crippen molar-refractivity contribution in [3.63, 3.8) is 0 Å². The quantitative estimate of drug-likeness (QED) is 0.745. The molecule has 0 radical (unpaired) electrons. The molecule has 1 aliphatic rings. The number of hydrogen-bond donors (Lipinski definition) is 0. The van der Waals surface area contributed by atoms with E-state index in [9.17, 15) is 4.79 Å². The lowest BCUT2D eigenvalue weighted by Gasteiger charge is -2.41. The minimum atomic E-state index is 0.108. The summed E-state index contributed by atoms with van der Waals surface area (Å²) in [7, 11) is 0. The number of likely N-dealkylation sites (tertiary alicyclic amines) is 1. The Morgan fingerprint density at radius 3 is 2.05 bits per heavy atom. The molecule has 0 N–H and O–H groups in total. The fraction of sp³-hybridized carbons (Fsp3) is 0.941. The number of hydrogen-bond acceptors (Lipinski definition) is 2. The Kier molecular flexibility index (Phi) is 7.01. The number of carbonyl (C=O) groups is 1. The minimum Gasteiger partial charge on any atom is -0.337 e. The van der Waals surface area contributed by atoms with E-state index in [1.165, 1.54) is 13.0 Å². The van der Waals surface area contributed by atoms with Crippen LogP contribution in [0.1, 0.15) is 60.8 Å². The van der Waals surface area contributed by atoms with Crippen LogP contribution in [0.15, 0.2) is 0 Å². The summed E-state index contributed by atoms with van der Waals surface area (Å²) in [6.45, 7) is 16.4. The fourth-order valence-corrected chi connectivity index (χ4v) is 3.02. The molecule has 0 aromatic carbocycles. The van der Waals surface area contributed by atoms with Crippen molar-refractivity contribution in [2.45, 2.75) is 72.9 Å². The van der Waals surface area contributed by atoms with Gasteiger partial charge in [0.25, 0.3) is 0 Å². The molecule has 1 heterocycles. The summed E-state index contributed by atoms with van der Waals surface area (Å²) < 4.78 is 0. The Bertz CT molecular complexity index is 291. The van der Waals surface area contributed by atoms with Crippen molar-refractivity contribution in [2.75, 3.05) is 19.6 Å². The van der Waals surface area contributed by atoms with Crippen LogP contribution < -0.4 is 0 Å². The molecule has 3 nitrogen and oxygen atoms in total. The van der Waals surface area contributed by atoms with Crippen LogP contribution in [0.5, 0.6) is 0 Å². The summed E-state index contributed by atoms with van der Waals surface area (Å²) >= 11 is 0. The molecule has 1 saturated heterocycles. The van der Waals surface area contributed by atoms with Crippen molar-refractivity contribution in [2.24, 2.45) is 11.8 Å². The molecule has 1 fully saturated rings. The molecule has 3 heteroatoms. The molecule has 1 rings (SSSR count). The maximum absolute atomic E-state index is 12.4. The number of carbonyl (C=O) groups excluding carboxylic acids is 1. The summed E-state index contributed by atoms with van der Waals surface area (Å²) in [5.41, 5.74) is 0. The van der Waals surface area contributed by atoms with Crippen LogP contribution in [0.4, 0.5) is 0 Å². The number of piperidine rings is 1. The number of rotatable bonds is 6. The highest BCUT2D eigenvalue weighted by molar-refractivity contribution is 5.78. The van der Waals surface area contributed by atoms with Gasteiger partial charge in [0.1, 0.15) is 0 Å². The van der Waals surface area contributed by atoms with Gasteiger partial charge in [-0.3, -0.25) is 4.79 Å². The molecule has 0 aromatic rings. The molecule has 0 unspecified atom stereocenters. The number of nitrogens with zero attached hydrogens (tertiary/aromatic N) is 2. The standard InChI is InChI=1S/C17H34N2O/c1-13(2)7-10-18-11-8-16(9-12-18)19(15(5)6)17(20)14(3)4/h13-16H,7-12H2,1-6H3. The zero-order valence-corrected chi connectivity index (χ0v) is 14.4. The van der Waals surface area contributed by atoms with Crippen LogP contribution in [0.25, 0.3) is 0 Å². The molecule has 0 spiro atoms. The van der Waals surface area contributed by atoms with E-state index in [-0.39, 0.29) is 5.92 Å². The molecular weight excluding hydrogens is 248 g/mol.